The number of aromatic amines is 1. The van der Waals surface area contributed by atoms with Crippen molar-refractivity contribution in [1.82, 2.24) is 29.7 Å². The van der Waals surface area contributed by atoms with Crippen molar-refractivity contribution in [2.45, 2.75) is 19.4 Å². The van der Waals surface area contributed by atoms with Crippen molar-refractivity contribution in [3.63, 3.8) is 0 Å². The maximum atomic E-state index is 13.1. The molecule has 0 bridgehead atoms. The zero-order valence-electron chi connectivity index (χ0n) is 20.0. The number of nitrogens with zero attached hydrogens (tertiary/aromatic N) is 6. The number of fused-ring (bicyclic) bond motifs is 1. The molecule has 0 aliphatic carbocycles. The lowest BCUT2D eigenvalue weighted by Gasteiger charge is -2.42. The van der Waals surface area contributed by atoms with E-state index in [2.05, 4.69) is 37.1 Å². The molecule has 11 heteroatoms. The van der Waals surface area contributed by atoms with E-state index in [0.29, 0.717) is 56.7 Å². The number of carbonyl (C=O) groups excluding carboxylic acids is 2. The molecule has 11 nitrogen and oxygen atoms in total. The molecule has 5 rings (SSSR count). The number of rotatable bonds is 4. The Kier molecular flexibility index (Phi) is 6.49. The fourth-order valence-electron chi connectivity index (χ4n) is 4.76. The number of pyridine rings is 1. The molecule has 5 heterocycles. The third-order valence-electron chi connectivity index (χ3n) is 6.90. The third-order valence-corrected chi connectivity index (χ3v) is 6.90. The molecule has 3 amide bonds. The van der Waals surface area contributed by atoms with Gasteiger partial charge in [0.1, 0.15) is 23.5 Å². The SMILES string of the molecule is CC1CCN(C(=O)Nc2ccc(C(=O)N3CCOCC3)nc2)CC1N(C)c1ncnc2[nH]ccc12. The predicted molar refractivity (Wildman–Crippen MR) is 131 cm³/mol. The summed E-state index contributed by atoms with van der Waals surface area (Å²) < 4.78 is 5.30. The van der Waals surface area contributed by atoms with Crippen LogP contribution in [0.3, 0.4) is 0 Å². The molecular weight excluding hydrogens is 448 g/mol. The smallest absolute Gasteiger partial charge is 0.321 e. The first-order valence-corrected chi connectivity index (χ1v) is 11.9. The fourth-order valence-corrected chi connectivity index (χ4v) is 4.76. The first kappa shape index (κ1) is 23.0. The van der Waals surface area contributed by atoms with Crippen molar-refractivity contribution < 1.29 is 14.3 Å². The molecule has 3 aromatic heterocycles. The van der Waals surface area contributed by atoms with Crippen LogP contribution >= 0.6 is 0 Å². The minimum atomic E-state index is -0.182. The summed E-state index contributed by atoms with van der Waals surface area (Å²) in [5.41, 5.74) is 1.71. The molecule has 0 spiro atoms. The number of hydrogen-bond donors (Lipinski definition) is 2. The van der Waals surface area contributed by atoms with E-state index in [1.54, 1.807) is 23.4 Å². The van der Waals surface area contributed by atoms with E-state index in [1.165, 1.54) is 6.20 Å². The second kappa shape index (κ2) is 9.87. The van der Waals surface area contributed by atoms with Crippen molar-refractivity contribution in [1.29, 1.82) is 0 Å². The molecule has 2 fully saturated rings. The van der Waals surface area contributed by atoms with Gasteiger partial charge < -0.3 is 29.7 Å². The standard InChI is InChI=1S/C24H30N8O3/c1-16-6-8-32(14-20(16)30(2)22-18-5-7-25-21(18)27-15-28-22)24(34)29-17-3-4-19(26-13-17)23(33)31-9-11-35-12-10-31/h3-5,7,13,15-16,20H,6,8-12,14H2,1-2H3,(H,29,34)(H,25,27,28). The topological polar surface area (TPSA) is 120 Å². The van der Waals surface area contributed by atoms with Gasteiger partial charge >= 0.3 is 6.03 Å². The molecule has 2 aliphatic heterocycles. The number of carbonyl (C=O) groups is 2. The van der Waals surface area contributed by atoms with Gasteiger partial charge in [-0.05, 0) is 30.5 Å². The summed E-state index contributed by atoms with van der Waals surface area (Å²) in [5, 5.41) is 3.89. The van der Waals surface area contributed by atoms with Crippen LogP contribution in [-0.4, -0.2) is 94.2 Å². The molecule has 2 atom stereocenters. The van der Waals surface area contributed by atoms with Gasteiger partial charge in [0.15, 0.2) is 0 Å². The quantitative estimate of drug-likeness (QED) is 0.590. The van der Waals surface area contributed by atoms with Gasteiger partial charge in [-0.15, -0.1) is 0 Å². The van der Waals surface area contributed by atoms with Crippen LogP contribution in [0.2, 0.25) is 0 Å². The molecule has 35 heavy (non-hydrogen) atoms. The van der Waals surface area contributed by atoms with Crippen LogP contribution in [-0.2, 0) is 4.74 Å². The number of nitrogens with one attached hydrogen (secondary N) is 2. The van der Waals surface area contributed by atoms with Crippen molar-refractivity contribution in [2.75, 3.05) is 56.7 Å². The Morgan fingerprint density at radius 3 is 2.71 bits per heavy atom. The molecule has 184 valence electrons. The summed E-state index contributed by atoms with van der Waals surface area (Å²) in [6, 6.07) is 5.27. The van der Waals surface area contributed by atoms with Gasteiger partial charge in [0, 0.05) is 39.4 Å². The zero-order chi connectivity index (χ0) is 24.4. The minimum Gasteiger partial charge on any atom is -0.378 e. The van der Waals surface area contributed by atoms with Crippen molar-refractivity contribution in [3.05, 3.63) is 42.6 Å². The first-order valence-electron chi connectivity index (χ1n) is 11.9. The average molecular weight is 479 g/mol. The number of H-pyrrole nitrogens is 1. The van der Waals surface area contributed by atoms with Crippen molar-refractivity contribution >= 4 is 34.5 Å². The highest BCUT2D eigenvalue weighted by atomic mass is 16.5. The van der Waals surface area contributed by atoms with Gasteiger partial charge in [0.05, 0.1) is 36.5 Å². The lowest BCUT2D eigenvalue weighted by molar-refractivity contribution is 0.0299. The minimum absolute atomic E-state index is 0.106. The Hall–Kier alpha value is -3.73. The molecular formula is C24H30N8O3. The second-order valence-corrected chi connectivity index (χ2v) is 9.09. The van der Waals surface area contributed by atoms with Crippen molar-refractivity contribution in [3.8, 4) is 0 Å². The largest absolute Gasteiger partial charge is 0.378 e. The van der Waals surface area contributed by atoms with Crippen molar-refractivity contribution in [2.24, 2.45) is 5.92 Å². The lowest BCUT2D eigenvalue weighted by atomic mass is 9.92. The Labute approximate surface area is 203 Å². The van der Waals surface area contributed by atoms with Crippen LogP contribution in [0.25, 0.3) is 11.0 Å². The van der Waals surface area contributed by atoms with Crippen LogP contribution in [0.15, 0.2) is 36.9 Å². The second-order valence-electron chi connectivity index (χ2n) is 9.09. The molecule has 2 N–H and O–H groups in total. The Bertz CT molecular complexity index is 1190. The number of urea groups is 1. The van der Waals surface area contributed by atoms with E-state index in [-0.39, 0.29) is 18.0 Å². The van der Waals surface area contributed by atoms with E-state index < -0.39 is 0 Å². The maximum absolute atomic E-state index is 13.1. The Balaban J connectivity index is 1.23. The summed E-state index contributed by atoms with van der Waals surface area (Å²) in [6.45, 7) is 5.65. The summed E-state index contributed by atoms with van der Waals surface area (Å²) in [7, 11) is 2.02. The fraction of sp³-hybridized carbons (Fsp3) is 0.458. The van der Waals surface area contributed by atoms with Crippen LogP contribution in [0.5, 0.6) is 0 Å². The van der Waals surface area contributed by atoms with E-state index in [0.717, 1.165) is 23.3 Å². The highest BCUT2D eigenvalue weighted by Gasteiger charge is 2.33. The number of amides is 3. The number of likely N-dealkylation sites (N-methyl/N-ethyl adjacent to an activating group) is 1. The Morgan fingerprint density at radius 2 is 1.94 bits per heavy atom. The van der Waals surface area contributed by atoms with Crippen LogP contribution < -0.4 is 10.2 Å². The molecule has 2 aliphatic rings. The summed E-state index contributed by atoms with van der Waals surface area (Å²) >= 11 is 0. The van der Waals surface area contributed by atoms with Gasteiger partial charge in [-0.3, -0.25) is 4.79 Å². The van der Waals surface area contributed by atoms with E-state index in [9.17, 15) is 9.59 Å². The van der Waals surface area contributed by atoms with E-state index in [4.69, 9.17) is 4.74 Å². The molecule has 2 unspecified atom stereocenters. The average Bonchev–Trinajstić information content (AvgIpc) is 3.38. The molecule has 0 saturated carbocycles. The molecule has 0 radical (unpaired) electrons. The number of anilines is 2. The predicted octanol–water partition coefficient (Wildman–Crippen LogP) is 2.20. The van der Waals surface area contributed by atoms with Crippen LogP contribution in [0.4, 0.5) is 16.3 Å². The van der Waals surface area contributed by atoms with Gasteiger partial charge in [0.25, 0.3) is 5.91 Å². The molecule has 2 saturated heterocycles. The normalized spacial score (nSPS) is 20.6. The highest BCUT2D eigenvalue weighted by molar-refractivity contribution is 5.94. The summed E-state index contributed by atoms with van der Waals surface area (Å²) in [5.74, 6) is 1.11. The van der Waals surface area contributed by atoms with Gasteiger partial charge in [-0.25, -0.2) is 19.7 Å². The number of hydrogen-bond acceptors (Lipinski definition) is 7. The number of piperidine rings is 1. The number of aromatic nitrogens is 4. The molecule has 3 aromatic rings. The van der Waals surface area contributed by atoms with E-state index >= 15 is 0 Å². The first-order chi connectivity index (χ1) is 17.0. The maximum Gasteiger partial charge on any atom is 0.321 e. The molecule has 0 aromatic carbocycles. The number of morpholine rings is 1. The lowest BCUT2D eigenvalue weighted by Crippen LogP contribution is -2.53. The van der Waals surface area contributed by atoms with E-state index in [1.807, 2.05) is 24.2 Å². The van der Waals surface area contributed by atoms with Crippen LogP contribution in [0, 0.1) is 5.92 Å². The number of ether oxygens (including phenoxy) is 1. The monoisotopic (exact) mass is 478 g/mol. The Morgan fingerprint density at radius 1 is 1.11 bits per heavy atom. The summed E-state index contributed by atoms with van der Waals surface area (Å²) in [6.07, 6.45) is 5.83. The summed E-state index contributed by atoms with van der Waals surface area (Å²) in [4.78, 5) is 47.6. The van der Waals surface area contributed by atoms with Gasteiger partial charge in [-0.2, -0.15) is 0 Å². The zero-order valence-corrected chi connectivity index (χ0v) is 20.0. The third kappa shape index (κ3) is 4.76. The number of likely N-dealkylation sites (tertiary alicyclic amines) is 1. The highest BCUT2D eigenvalue weighted by Crippen LogP contribution is 2.29. The van der Waals surface area contributed by atoms with Crippen LogP contribution in [0.1, 0.15) is 23.8 Å². The van der Waals surface area contributed by atoms with Gasteiger partial charge in [-0.1, -0.05) is 6.92 Å². The van der Waals surface area contributed by atoms with Gasteiger partial charge in [0.2, 0.25) is 0 Å².